The number of rotatable bonds is 6. The third kappa shape index (κ3) is 5.71. The largest absolute Gasteiger partial charge is 0.314 e. The Morgan fingerprint density at radius 1 is 0.345 bits per heavy atom. The van der Waals surface area contributed by atoms with Crippen molar-refractivity contribution in [2.24, 2.45) is 0 Å². The molecule has 0 saturated heterocycles. The van der Waals surface area contributed by atoms with Gasteiger partial charge in [0.05, 0.1) is 0 Å². The summed E-state index contributed by atoms with van der Waals surface area (Å²) >= 11 is 0. The smallest absolute Gasteiger partial charge is 0.164 e. The molecule has 260 valence electrons. The predicted octanol–water partition coefficient (Wildman–Crippen LogP) is 12.0. The summed E-state index contributed by atoms with van der Waals surface area (Å²) in [5.41, 5.74) is 11.6. The molecule has 1 aliphatic rings. The molecule has 2 heterocycles. The predicted molar refractivity (Wildman–Crippen MR) is 228 cm³/mol. The molecule has 0 radical (unpaired) electrons. The summed E-state index contributed by atoms with van der Waals surface area (Å²) in [5.74, 6) is 1.85. The molecule has 1 aromatic heterocycles. The molecule has 4 nitrogen and oxygen atoms in total. The fourth-order valence-corrected chi connectivity index (χ4v) is 10.3. The lowest BCUT2D eigenvalue weighted by molar-refractivity contribution is 0.591. The van der Waals surface area contributed by atoms with Crippen LogP contribution in [0.25, 0.3) is 89.4 Å². The zero-order valence-corrected chi connectivity index (χ0v) is 31.0. The fraction of sp³-hybridized carbons (Fsp3) is 0.0200. The zero-order chi connectivity index (χ0) is 36.9. The maximum atomic E-state index is 14.3. The van der Waals surface area contributed by atoms with Gasteiger partial charge in [0.15, 0.2) is 17.5 Å². The van der Waals surface area contributed by atoms with Crippen molar-refractivity contribution < 1.29 is 4.57 Å². The molecule has 5 heteroatoms. The number of nitrogens with zero attached hydrogens (tertiary/aromatic N) is 3. The lowest BCUT2D eigenvalue weighted by Gasteiger charge is -2.18. The molecule has 1 aliphatic heterocycles. The highest BCUT2D eigenvalue weighted by Gasteiger charge is 2.36. The van der Waals surface area contributed by atoms with Gasteiger partial charge in [-0.15, -0.1) is 0 Å². The summed E-state index contributed by atoms with van der Waals surface area (Å²) < 4.78 is 14.3. The second-order valence-corrected chi connectivity index (χ2v) is 16.9. The number of hydrogen-bond donors (Lipinski definition) is 0. The minimum atomic E-state index is -2.74. The monoisotopic (exact) mass is 723 g/mol. The molecule has 1 unspecified atom stereocenters. The van der Waals surface area contributed by atoms with Crippen molar-refractivity contribution >= 4 is 28.5 Å². The van der Waals surface area contributed by atoms with Crippen molar-refractivity contribution in [2.45, 2.75) is 0 Å². The number of fused-ring (bicyclic) bond motifs is 4. The van der Waals surface area contributed by atoms with Crippen LogP contribution in [0.1, 0.15) is 0 Å². The standard InChI is InChI=1S/C50H34N3OP/c1-55(54)44-21-11-10-19-43(44)47-41(20-12-22-45(47)55)42-32-31-35-15-8-9-18-40(35)46(42)36-25-29-39(30-26-36)50-52-48(37-16-6-3-7-17-37)51-49(53-50)38-27-23-34(24-28-38)33-13-4-2-5-14-33/h2-32H,1H3. The molecular formula is C50H34N3OP. The van der Waals surface area contributed by atoms with Gasteiger partial charge in [-0.3, -0.25) is 0 Å². The molecule has 0 fully saturated rings. The van der Waals surface area contributed by atoms with Crippen LogP contribution in [-0.4, -0.2) is 21.6 Å². The summed E-state index contributed by atoms with van der Waals surface area (Å²) in [5, 5.41) is 4.18. The first-order chi connectivity index (χ1) is 27.0. The number of benzene rings is 8. The Labute approximate surface area is 320 Å². The highest BCUT2D eigenvalue weighted by Crippen LogP contribution is 2.53. The minimum absolute atomic E-state index is 0.608. The SMILES string of the molecule is CP1(=O)c2ccccc2-c2c(-c3ccc4ccccc4c3-c3ccc(-c4nc(-c5ccccc5)nc(-c5ccc(-c6ccccc6)cc5)n4)cc3)cccc21. The Balaban J connectivity index is 1.10. The lowest BCUT2D eigenvalue weighted by Crippen LogP contribution is -2.08. The molecular weight excluding hydrogens is 690 g/mol. The maximum absolute atomic E-state index is 14.3. The zero-order valence-electron chi connectivity index (χ0n) is 30.1. The van der Waals surface area contributed by atoms with Crippen LogP contribution in [0.2, 0.25) is 0 Å². The van der Waals surface area contributed by atoms with E-state index in [9.17, 15) is 4.57 Å². The van der Waals surface area contributed by atoms with E-state index in [1.807, 2.05) is 67.3 Å². The number of hydrogen-bond acceptors (Lipinski definition) is 4. The van der Waals surface area contributed by atoms with Gasteiger partial charge in [-0.05, 0) is 56.4 Å². The van der Waals surface area contributed by atoms with Gasteiger partial charge >= 0.3 is 0 Å². The third-order valence-electron chi connectivity index (χ3n) is 10.7. The summed E-state index contributed by atoms with van der Waals surface area (Å²) in [6.45, 7) is 1.90. The van der Waals surface area contributed by atoms with Crippen LogP contribution in [0.3, 0.4) is 0 Å². The molecule has 0 aliphatic carbocycles. The average Bonchev–Trinajstić information content (AvgIpc) is 3.50. The average molecular weight is 724 g/mol. The van der Waals surface area contributed by atoms with E-state index in [-0.39, 0.29) is 0 Å². The van der Waals surface area contributed by atoms with Gasteiger partial charge in [-0.2, -0.15) is 0 Å². The highest BCUT2D eigenvalue weighted by molar-refractivity contribution is 7.79. The second kappa shape index (κ2) is 13.3. The molecule has 1 atom stereocenters. The van der Waals surface area contributed by atoms with Gasteiger partial charge in [-0.1, -0.05) is 188 Å². The Hall–Kier alpha value is -6.74. The van der Waals surface area contributed by atoms with Gasteiger partial charge in [0.25, 0.3) is 0 Å². The number of aromatic nitrogens is 3. The van der Waals surface area contributed by atoms with Crippen LogP contribution in [0.5, 0.6) is 0 Å². The Morgan fingerprint density at radius 3 is 1.47 bits per heavy atom. The van der Waals surface area contributed by atoms with Crippen LogP contribution >= 0.6 is 7.14 Å². The lowest BCUT2D eigenvalue weighted by atomic mass is 9.86. The molecule has 0 amide bonds. The van der Waals surface area contributed by atoms with Crippen LogP contribution < -0.4 is 10.6 Å². The van der Waals surface area contributed by atoms with Crippen molar-refractivity contribution in [1.82, 2.24) is 15.0 Å². The molecule has 9 aromatic rings. The summed E-state index contributed by atoms with van der Waals surface area (Å²) in [6.07, 6.45) is 0. The molecule has 0 bridgehead atoms. The van der Waals surface area contributed by atoms with E-state index < -0.39 is 7.14 Å². The minimum Gasteiger partial charge on any atom is -0.314 e. The Morgan fingerprint density at radius 2 is 0.800 bits per heavy atom. The van der Waals surface area contributed by atoms with Gasteiger partial charge < -0.3 is 4.57 Å². The molecule has 0 N–H and O–H groups in total. The maximum Gasteiger partial charge on any atom is 0.164 e. The van der Waals surface area contributed by atoms with Gasteiger partial charge in [-0.25, -0.2) is 15.0 Å². The summed E-state index contributed by atoms with van der Waals surface area (Å²) in [7, 11) is -2.74. The van der Waals surface area contributed by atoms with Crippen LogP contribution in [0, 0.1) is 0 Å². The molecule has 0 spiro atoms. The van der Waals surface area contributed by atoms with E-state index in [1.54, 1.807) is 0 Å². The van der Waals surface area contributed by atoms with E-state index in [1.165, 1.54) is 0 Å². The summed E-state index contributed by atoms with van der Waals surface area (Å²) in [6, 6.07) is 64.8. The van der Waals surface area contributed by atoms with Gasteiger partial charge in [0.1, 0.15) is 7.14 Å². The topological polar surface area (TPSA) is 55.7 Å². The second-order valence-electron chi connectivity index (χ2n) is 14.0. The van der Waals surface area contributed by atoms with E-state index in [2.05, 4.69) is 127 Å². The first kappa shape index (κ1) is 32.9. The molecule has 10 rings (SSSR count). The molecule has 0 saturated carbocycles. The van der Waals surface area contributed by atoms with E-state index >= 15 is 0 Å². The van der Waals surface area contributed by atoms with E-state index in [0.29, 0.717) is 17.5 Å². The van der Waals surface area contributed by atoms with Crippen LogP contribution in [0.15, 0.2) is 188 Å². The quantitative estimate of drug-likeness (QED) is 0.160. The Bertz CT molecular complexity index is 2940. The van der Waals surface area contributed by atoms with E-state index in [0.717, 1.165) is 82.6 Å². The van der Waals surface area contributed by atoms with Crippen molar-refractivity contribution in [1.29, 1.82) is 0 Å². The van der Waals surface area contributed by atoms with Crippen LogP contribution in [-0.2, 0) is 4.57 Å². The van der Waals surface area contributed by atoms with Crippen molar-refractivity contribution in [3.05, 3.63) is 188 Å². The molecule has 8 aromatic carbocycles. The van der Waals surface area contributed by atoms with E-state index in [4.69, 9.17) is 15.0 Å². The fourth-order valence-electron chi connectivity index (χ4n) is 7.98. The molecule has 55 heavy (non-hydrogen) atoms. The van der Waals surface area contributed by atoms with Crippen molar-refractivity contribution in [2.75, 3.05) is 6.66 Å². The first-order valence-corrected chi connectivity index (χ1v) is 20.6. The van der Waals surface area contributed by atoms with Crippen molar-refractivity contribution in [3.8, 4) is 78.7 Å². The van der Waals surface area contributed by atoms with Gasteiger partial charge in [0.2, 0.25) is 0 Å². The van der Waals surface area contributed by atoms with Crippen LogP contribution in [0.4, 0.5) is 0 Å². The summed E-state index contributed by atoms with van der Waals surface area (Å²) in [4.78, 5) is 15.0. The Kier molecular flexibility index (Phi) is 7.94. The first-order valence-electron chi connectivity index (χ1n) is 18.4. The third-order valence-corrected chi connectivity index (χ3v) is 13.3. The highest BCUT2D eigenvalue weighted by atomic mass is 31.2. The normalized spacial score (nSPS) is 14.4. The van der Waals surface area contributed by atoms with Crippen molar-refractivity contribution in [3.63, 3.8) is 0 Å². The van der Waals surface area contributed by atoms with Gasteiger partial charge in [0, 0.05) is 32.9 Å².